The fraction of sp³-hybridized carbons (Fsp3) is 0.545. The highest BCUT2D eigenvalue weighted by atomic mass is 35.5. The van der Waals surface area contributed by atoms with Gasteiger partial charge in [0.1, 0.15) is 0 Å². The minimum Gasteiger partial charge on any atom is -0.258 e. The van der Waals surface area contributed by atoms with Crippen LogP contribution in [0.1, 0.15) is 24.3 Å². The molecule has 3 nitrogen and oxygen atoms in total. The summed E-state index contributed by atoms with van der Waals surface area (Å²) in [5, 5.41) is 2.09. The molecule has 0 spiro atoms. The molecular weight excluding hydrogens is 229 g/mol. The molecule has 1 saturated heterocycles. The number of nitrogens with one attached hydrogen (secondary N) is 1. The number of hydrogen-bond donors (Lipinski definition) is 1. The lowest BCUT2D eigenvalue weighted by molar-refractivity contribution is 0.154. The Kier molecular flexibility index (Phi) is 3.74. The summed E-state index contributed by atoms with van der Waals surface area (Å²) in [6.07, 6.45) is 3.85. The lowest BCUT2D eigenvalue weighted by Gasteiger charge is -2.32. The third-order valence-electron chi connectivity index (χ3n) is 3.03. The average molecular weight is 244 g/mol. The second-order valence-electron chi connectivity index (χ2n) is 4.05. The molecule has 1 atom stereocenters. The van der Waals surface area contributed by atoms with Crippen molar-refractivity contribution in [3.05, 3.63) is 28.8 Å². The van der Waals surface area contributed by atoms with Crippen LogP contribution in [0.25, 0.3) is 0 Å². The van der Waals surface area contributed by atoms with E-state index in [-0.39, 0.29) is 5.15 Å². The molecule has 1 aliphatic rings. The molecule has 0 radical (unpaired) electrons. The fourth-order valence-electron chi connectivity index (χ4n) is 2.11. The van der Waals surface area contributed by atoms with Gasteiger partial charge in [0, 0.05) is 19.3 Å². The third kappa shape index (κ3) is 2.51. The van der Waals surface area contributed by atoms with Crippen LogP contribution in [0, 0.1) is 5.82 Å². The maximum absolute atomic E-state index is 13.3. The number of nitrogens with zero attached hydrogens (tertiary/aromatic N) is 2. The van der Waals surface area contributed by atoms with Crippen molar-refractivity contribution >= 4 is 11.6 Å². The second kappa shape index (κ2) is 5.08. The van der Waals surface area contributed by atoms with E-state index in [9.17, 15) is 4.39 Å². The van der Waals surface area contributed by atoms with Gasteiger partial charge in [0.2, 0.25) is 0 Å². The summed E-state index contributed by atoms with van der Waals surface area (Å²) in [6.45, 7) is 1.93. The van der Waals surface area contributed by atoms with Gasteiger partial charge in [0.15, 0.2) is 11.0 Å². The number of halogens is 2. The molecule has 0 amide bonds. The van der Waals surface area contributed by atoms with Gasteiger partial charge in [-0.1, -0.05) is 11.6 Å². The summed E-state index contributed by atoms with van der Waals surface area (Å²) >= 11 is 5.57. The maximum Gasteiger partial charge on any atom is 0.164 e. The van der Waals surface area contributed by atoms with E-state index in [0.29, 0.717) is 5.92 Å². The summed E-state index contributed by atoms with van der Waals surface area (Å²) in [7, 11) is 1.91. The van der Waals surface area contributed by atoms with Gasteiger partial charge < -0.3 is 0 Å². The Labute approximate surface area is 99.6 Å². The quantitative estimate of drug-likeness (QED) is 0.808. The number of pyridine rings is 1. The van der Waals surface area contributed by atoms with Gasteiger partial charge in [-0.25, -0.2) is 14.4 Å². The standard InChI is InChI=1S/C11H15ClFN3/c1-14-16-4-2-3-8(7-16)9-5-10(13)11(12)15-6-9/h5-6,8,14H,2-4,7H2,1H3/t8-/m0/s1. The summed E-state index contributed by atoms with van der Waals surface area (Å²) in [5.74, 6) is -0.0961. The summed E-state index contributed by atoms with van der Waals surface area (Å²) in [4.78, 5) is 3.86. The lowest BCUT2D eigenvalue weighted by Crippen LogP contribution is -2.42. The van der Waals surface area contributed by atoms with E-state index in [1.54, 1.807) is 6.20 Å². The highest BCUT2D eigenvalue weighted by Gasteiger charge is 2.21. The first-order valence-electron chi connectivity index (χ1n) is 5.44. The predicted octanol–water partition coefficient (Wildman–Crippen LogP) is 2.19. The molecule has 0 saturated carbocycles. The zero-order valence-corrected chi connectivity index (χ0v) is 9.97. The SMILES string of the molecule is CNN1CCC[C@H](c2cnc(Cl)c(F)c2)C1. The van der Waals surface area contributed by atoms with Crippen LogP contribution in [0.4, 0.5) is 4.39 Å². The number of hydrogen-bond acceptors (Lipinski definition) is 3. The maximum atomic E-state index is 13.3. The molecular formula is C11H15ClFN3. The number of hydrazine groups is 1. The van der Waals surface area contributed by atoms with E-state index in [1.165, 1.54) is 6.07 Å². The van der Waals surface area contributed by atoms with Crippen LogP contribution in [-0.2, 0) is 0 Å². The molecule has 1 fully saturated rings. The zero-order valence-electron chi connectivity index (χ0n) is 9.21. The smallest absolute Gasteiger partial charge is 0.164 e. The van der Waals surface area contributed by atoms with Crippen LogP contribution in [0.5, 0.6) is 0 Å². The van der Waals surface area contributed by atoms with E-state index in [4.69, 9.17) is 11.6 Å². The van der Waals surface area contributed by atoms with Crippen LogP contribution in [-0.4, -0.2) is 30.1 Å². The lowest BCUT2D eigenvalue weighted by atomic mass is 9.92. The van der Waals surface area contributed by atoms with E-state index in [2.05, 4.69) is 15.4 Å². The molecule has 5 heteroatoms. The largest absolute Gasteiger partial charge is 0.258 e. The van der Waals surface area contributed by atoms with E-state index in [0.717, 1.165) is 31.5 Å². The van der Waals surface area contributed by atoms with Gasteiger partial charge in [-0.3, -0.25) is 5.43 Å². The van der Waals surface area contributed by atoms with Crippen molar-refractivity contribution in [3.8, 4) is 0 Å². The van der Waals surface area contributed by atoms with Crippen LogP contribution in [0.15, 0.2) is 12.3 Å². The molecule has 88 valence electrons. The minimum absolute atomic E-state index is 0.0509. The molecule has 0 aliphatic carbocycles. The summed E-state index contributed by atoms with van der Waals surface area (Å²) in [6, 6.07) is 1.50. The van der Waals surface area contributed by atoms with Crippen molar-refractivity contribution in [1.29, 1.82) is 0 Å². The van der Waals surface area contributed by atoms with Gasteiger partial charge in [-0.2, -0.15) is 0 Å². The van der Waals surface area contributed by atoms with Crippen molar-refractivity contribution in [2.45, 2.75) is 18.8 Å². The molecule has 2 rings (SSSR count). The molecule has 0 unspecified atom stereocenters. The highest BCUT2D eigenvalue weighted by Crippen LogP contribution is 2.27. The van der Waals surface area contributed by atoms with Crippen molar-refractivity contribution in [2.24, 2.45) is 0 Å². The molecule has 16 heavy (non-hydrogen) atoms. The Balaban J connectivity index is 2.13. The van der Waals surface area contributed by atoms with Crippen molar-refractivity contribution in [1.82, 2.24) is 15.4 Å². The normalized spacial score (nSPS) is 22.3. The molecule has 1 aliphatic heterocycles. The van der Waals surface area contributed by atoms with Gasteiger partial charge in [-0.15, -0.1) is 0 Å². The van der Waals surface area contributed by atoms with E-state index in [1.807, 2.05) is 7.05 Å². The zero-order chi connectivity index (χ0) is 11.5. The molecule has 2 heterocycles. The topological polar surface area (TPSA) is 28.2 Å². The Bertz CT molecular complexity index is 372. The monoisotopic (exact) mass is 243 g/mol. The number of aromatic nitrogens is 1. The number of piperidine rings is 1. The Morgan fingerprint density at radius 1 is 1.62 bits per heavy atom. The Morgan fingerprint density at radius 2 is 2.44 bits per heavy atom. The van der Waals surface area contributed by atoms with Crippen LogP contribution in [0.3, 0.4) is 0 Å². The predicted molar refractivity (Wildman–Crippen MR) is 61.8 cm³/mol. The van der Waals surface area contributed by atoms with E-state index < -0.39 is 5.82 Å². The Hall–Kier alpha value is -0.710. The summed E-state index contributed by atoms with van der Waals surface area (Å²) in [5.41, 5.74) is 4.06. The van der Waals surface area contributed by atoms with Gasteiger partial charge in [0.05, 0.1) is 0 Å². The number of rotatable bonds is 2. The average Bonchev–Trinajstić information content (AvgIpc) is 2.33. The first-order chi connectivity index (χ1) is 7.70. The van der Waals surface area contributed by atoms with Crippen molar-refractivity contribution in [2.75, 3.05) is 20.1 Å². The first kappa shape index (κ1) is 11.8. The molecule has 1 N–H and O–H groups in total. The summed E-state index contributed by atoms with van der Waals surface area (Å²) < 4.78 is 13.3. The third-order valence-corrected chi connectivity index (χ3v) is 3.30. The van der Waals surface area contributed by atoms with Crippen molar-refractivity contribution in [3.63, 3.8) is 0 Å². The highest BCUT2D eigenvalue weighted by molar-refractivity contribution is 6.29. The van der Waals surface area contributed by atoms with Crippen LogP contribution >= 0.6 is 11.6 Å². The first-order valence-corrected chi connectivity index (χ1v) is 5.81. The van der Waals surface area contributed by atoms with Gasteiger partial charge >= 0.3 is 0 Å². The van der Waals surface area contributed by atoms with E-state index >= 15 is 0 Å². The van der Waals surface area contributed by atoms with Gasteiger partial charge in [0.25, 0.3) is 0 Å². The molecule has 0 bridgehead atoms. The van der Waals surface area contributed by atoms with Gasteiger partial charge in [-0.05, 0) is 37.4 Å². The van der Waals surface area contributed by atoms with Crippen LogP contribution in [0.2, 0.25) is 5.15 Å². The molecule has 1 aromatic rings. The fourth-order valence-corrected chi connectivity index (χ4v) is 2.21. The van der Waals surface area contributed by atoms with Crippen molar-refractivity contribution < 1.29 is 4.39 Å². The molecule has 1 aromatic heterocycles. The Morgan fingerprint density at radius 3 is 3.12 bits per heavy atom. The minimum atomic E-state index is -0.430. The molecule has 0 aromatic carbocycles. The second-order valence-corrected chi connectivity index (χ2v) is 4.41. The van der Waals surface area contributed by atoms with Crippen LogP contribution < -0.4 is 5.43 Å².